The lowest BCUT2D eigenvalue weighted by Gasteiger charge is -2.48. The molecule has 1 saturated heterocycles. The SMILES string of the molecule is C[C@@H]1[C@@H](O)[C@@H](O)OC(CNC(=O)Oc2ccc3c(c2)[C@@]2(C)CCCC[C@H]4CC4(C3)[C@@H]2N)[C@@H]1O. The predicted molar refractivity (Wildman–Crippen MR) is 121 cm³/mol. The fourth-order valence-corrected chi connectivity index (χ4v) is 6.77. The Balaban J connectivity index is 1.27. The number of ether oxygens (including phenoxy) is 2. The Bertz CT molecular complexity index is 926. The first-order valence-electron chi connectivity index (χ1n) is 12.2. The Hall–Kier alpha value is -1.71. The average Bonchev–Trinajstić information content (AvgIpc) is 3.48. The molecule has 1 aromatic carbocycles. The van der Waals surface area contributed by atoms with E-state index in [0.29, 0.717) is 5.75 Å². The molecule has 2 unspecified atom stereocenters. The van der Waals surface area contributed by atoms with Crippen LogP contribution in [0, 0.1) is 17.3 Å². The van der Waals surface area contributed by atoms with Gasteiger partial charge in [-0.15, -0.1) is 0 Å². The minimum atomic E-state index is -1.41. The molecule has 0 radical (unpaired) electrons. The zero-order chi connectivity index (χ0) is 23.5. The van der Waals surface area contributed by atoms with E-state index in [4.69, 9.17) is 15.2 Å². The summed E-state index contributed by atoms with van der Waals surface area (Å²) in [6, 6.07) is 5.99. The average molecular weight is 461 g/mol. The van der Waals surface area contributed by atoms with E-state index >= 15 is 0 Å². The van der Waals surface area contributed by atoms with Crippen LogP contribution in [0.5, 0.6) is 5.75 Å². The monoisotopic (exact) mass is 460 g/mol. The molecule has 2 saturated carbocycles. The van der Waals surface area contributed by atoms with E-state index < -0.39 is 36.6 Å². The number of rotatable bonds is 3. The maximum atomic E-state index is 12.5. The second kappa shape index (κ2) is 8.20. The van der Waals surface area contributed by atoms with Gasteiger partial charge in [0.05, 0.1) is 6.10 Å². The molecular weight excluding hydrogens is 424 g/mol. The van der Waals surface area contributed by atoms with Crippen molar-refractivity contribution in [1.82, 2.24) is 5.32 Å². The molecule has 6 N–H and O–H groups in total. The Morgan fingerprint density at radius 2 is 2.06 bits per heavy atom. The Morgan fingerprint density at radius 1 is 1.27 bits per heavy atom. The van der Waals surface area contributed by atoms with Gasteiger partial charge in [-0.3, -0.25) is 0 Å². The molecular formula is C25H36N2O6. The van der Waals surface area contributed by atoms with Crippen LogP contribution in [0.15, 0.2) is 18.2 Å². The lowest BCUT2D eigenvalue weighted by Crippen LogP contribution is -2.56. The highest BCUT2D eigenvalue weighted by Gasteiger charge is 2.64. The number of aliphatic hydroxyl groups excluding tert-OH is 3. The maximum Gasteiger partial charge on any atom is 0.412 e. The van der Waals surface area contributed by atoms with E-state index in [-0.39, 0.29) is 23.4 Å². The summed E-state index contributed by atoms with van der Waals surface area (Å²) in [5, 5.41) is 32.4. The van der Waals surface area contributed by atoms with Crippen LogP contribution in [0.25, 0.3) is 0 Å². The van der Waals surface area contributed by atoms with Gasteiger partial charge in [0, 0.05) is 23.9 Å². The zero-order valence-corrected chi connectivity index (χ0v) is 19.4. The third kappa shape index (κ3) is 3.76. The lowest BCUT2D eigenvalue weighted by atomic mass is 9.59. The van der Waals surface area contributed by atoms with Gasteiger partial charge in [-0.2, -0.15) is 0 Å². The molecule has 4 aliphatic rings. The molecule has 1 amide bonds. The Morgan fingerprint density at radius 3 is 2.85 bits per heavy atom. The second-order valence-electron chi connectivity index (χ2n) is 10.9. The molecule has 3 fully saturated rings. The zero-order valence-electron chi connectivity index (χ0n) is 19.4. The van der Waals surface area contributed by atoms with Gasteiger partial charge in [0.1, 0.15) is 18.0 Å². The van der Waals surface area contributed by atoms with Crippen LogP contribution in [0.1, 0.15) is 57.1 Å². The number of hydrogen-bond acceptors (Lipinski definition) is 7. The van der Waals surface area contributed by atoms with Gasteiger partial charge >= 0.3 is 6.09 Å². The van der Waals surface area contributed by atoms with Crippen molar-refractivity contribution in [1.29, 1.82) is 0 Å². The minimum absolute atomic E-state index is 0.0500. The summed E-state index contributed by atoms with van der Waals surface area (Å²) in [6.07, 6.45) is 1.84. The molecule has 9 atom stereocenters. The first-order valence-corrected chi connectivity index (χ1v) is 12.2. The minimum Gasteiger partial charge on any atom is -0.410 e. The smallest absolute Gasteiger partial charge is 0.410 e. The normalized spacial score (nSPS) is 44.0. The van der Waals surface area contributed by atoms with Crippen LogP contribution in [-0.2, 0) is 16.6 Å². The molecule has 182 valence electrons. The third-order valence-corrected chi connectivity index (χ3v) is 9.02. The fraction of sp³-hybridized carbons (Fsp3) is 0.720. The van der Waals surface area contributed by atoms with Crippen molar-refractivity contribution in [2.24, 2.45) is 23.0 Å². The molecule has 5 rings (SSSR count). The summed E-state index contributed by atoms with van der Waals surface area (Å²) in [4.78, 5) is 12.5. The van der Waals surface area contributed by atoms with Crippen LogP contribution in [0.4, 0.5) is 4.79 Å². The Kier molecular flexibility index (Phi) is 5.73. The number of nitrogens with two attached hydrogens (primary N) is 1. The third-order valence-electron chi connectivity index (χ3n) is 9.02. The fourth-order valence-electron chi connectivity index (χ4n) is 6.77. The van der Waals surface area contributed by atoms with Crippen molar-refractivity contribution in [3.8, 4) is 5.75 Å². The van der Waals surface area contributed by atoms with E-state index in [1.54, 1.807) is 6.92 Å². The van der Waals surface area contributed by atoms with Crippen molar-refractivity contribution in [3.63, 3.8) is 0 Å². The molecule has 8 heteroatoms. The molecule has 1 spiro atoms. The van der Waals surface area contributed by atoms with Crippen LogP contribution in [0.3, 0.4) is 0 Å². The highest BCUT2D eigenvalue weighted by molar-refractivity contribution is 5.70. The number of amides is 1. The molecule has 33 heavy (non-hydrogen) atoms. The topological polar surface area (TPSA) is 134 Å². The summed E-state index contributed by atoms with van der Waals surface area (Å²) in [5.41, 5.74) is 9.52. The molecule has 2 bridgehead atoms. The van der Waals surface area contributed by atoms with Gasteiger partial charge in [-0.05, 0) is 60.3 Å². The van der Waals surface area contributed by atoms with E-state index in [1.165, 1.54) is 30.4 Å². The Labute approximate surface area is 194 Å². The van der Waals surface area contributed by atoms with Crippen molar-refractivity contribution >= 4 is 6.09 Å². The summed E-state index contributed by atoms with van der Waals surface area (Å²) < 4.78 is 10.8. The van der Waals surface area contributed by atoms with Crippen molar-refractivity contribution in [3.05, 3.63) is 29.3 Å². The van der Waals surface area contributed by atoms with E-state index in [1.807, 2.05) is 12.1 Å². The molecule has 1 heterocycles. The molecule has 8 nitrogen and oxygen atoms in total. The second-order valence-corrected chi connectivity index (χ2v) is 10.9. The number of aliphatic hydroxyl groups is 3. The summed E-state index contributed by atoms with van der Waals surface area (Å²) in [6.45, 7) is 3.84. The number of fused-ring (bicyclic) bond motifs is 3. The van der Waals surface area contributed by atoms with Gasteiger partial charge < -0.3 is 35.8 Å². The predicted octanol–water partition coefficient (Wildman–Crippen LogP) is 1.57. The number of carbonyl (C=O) groups is 1. The summed E-state index contributed by atoms with van der Waals surface area (Å²) in [5.74, 6) is 0.612. The van der Waals surface area contributed by atoms with Crippen LogP contribution in [-0.4, -0.2) is 58.6 Å². The van der Waals surface area contributed by atoms with Crippen molar-refractivity contribution in [2.75, 3.05) is 6.54 Å². The quantitative estimate of drug-likeness (QED) is 0.462. The number of carbonyl (C=O) groups excluding carboxylic acids is 1. The molecule has 1 aliphatic heterocycles. The number of nitrogens with one attached hydrogen (secondary N) is 1. The van der Waals surface area contributed by atoms with Crippen molar-refractivity contribution in [2.45, 2.75) is 88.4 Å². The molecule has 3 aliphatic carbocycles. The van der Waals surface area contributed by atoms with Gasteiger partial charge in [0.15, 0.2) is 6.29 Å². The van der Waals surface area contributed by atoms with Crippen LogP contribution < -0.4 is 15.8 Å². The van der Waals surface area contributed by atoms with E-state index in [9.17, 15) is 20.1 Å². The largest absolute Gasteiger partial charge is 0.412 e. The maximum absolute atomic E-state index is 12.5. The van der Waals surface area contributed by atoms with Gasteiger partial charge in [0.25, 0.3) is 0 Å². The standard InChI is InChI=1S/C25H36N2O6/c1-13-19(28)18(33-21(30)20(13)29)12-27-23(31)32-16-7-6-14-10-25-11-15(25)5-3-4-8-24(2,22(25)26)17(14)9-16/h6-7,9,13,15,18-22,28-30H,3-5,8,10-12,26H2,1-2H3,(H,27,31)/t13-,15-,18?,19+,20+,21-,22+,24+,25?/m0/s1. The number of hydrogen-bond donors (Lipinski definition) is 5. The lowest BCUT2D eigenvalue weighted by molar-refractivity contribution is -0.263. The highest BCUT2D eigenvalue weighted by atomic mass is 16.6. The van der Waals surface area contributed by atoms with Crippen molar-refractivity contribution < 1.29 is 29.6 Å². The number of benzene rings is 1. The van der Waals surface area contributed by atoms with Crippen LogP contribution in [0.2, 0.25) is 0 Å². The van der Waals surface area contributed by atoms with E-state index in [2.05, 4.69) is 18.3 Å². The van der Waals surface area contributed by atoms with Gasteiger partial charge in [0.2, 0.25) is 0 Å². The first kappa shape index (κ1) is 23.1. The van der Waals surface area contributed by atoms with Gasteiger partial charge in [-0.25, -0.2) is 4.79 Å². The van der Waals surface area contributed by atoms with Crippen LogP contribution >= 0.6 is 0 Å². The van der Waals surface area contributed by atoms with Gasteiger partial charge in [-0.1, -0.05) is 32.8 Å². The molecule has 1 aromatic rings. The summed E-state index contributed by atoms with van der Waals surface area (Å²) >= 11 is 0. The molecule has 0 aromatic heterocycles. The van der Waals surface area contributed by atoms with E-state index in [0.717, 1.165) is 25.2 Å². The first-order chi connectivity index (χ1) is 15.7. The highest BCUT2D eigenvalue weighted by Crippen LogP contribution is 2.66. The summed E-state index contributed by atoms with van der Waals surface area (Å²) in [7, 11) is 0.